The van der Waals surface area contributed by atoms with E-state index in [1.165, 1.54) is 16.7 Å². The summed E-state index contributed by atoms with van der Waals surface area (Å²) < 4.78 is 11.7. The number of hydrogen-bond donors (Lipinski definition) is 0. The number of benzene rings is 2. The molecule has 3 aromatic rings. The number of hydrogen-bond acceptors (Lipinski definition) is 4. The van der Waals surface area contributed by atoms with E-state index in [-0.39, 0.29) is 11.5 Å². The van der Waals surface area contributed by atoms with Gasteiger partial charge in [0.15, 0.2) is 0 Å². The maximum absolute atomic E-state index is 12.7. The largest absolute Gasteiger partial charge is 0.492 e. The van der Waals surface area contributed by atoms with Crippen LogP contribution in [-0.4, -0.2) is 12.4 Å². The van der Waals surface area contributed by atoms with Gasteiger partial charge in [0.1, 0.15) is 11.3 Å². The van der Waals surface area contributed by atoms with Crippen LogP contribution in [0.5, 0.6) is 5.75 Å². The number of fused-ring (bicyclic) bond motifs is 7. The Hall–Kier alpha value is -2.20. The lowest BCUT2D eigenvalue weighted by molar-refractivity contribution is 0.237. The number of para-hydroxylation sites is 1. The molecule has 2 atom stereocenters. The highest BCUT2D eigenvalue weighted by Crippen LogP contribution is 2.51. The highest BCUT2D eigenvalue weighted by Gasteiger charge is 2.40. The molecule has 5 rings (SSSR count). The van der Waals surface area contributed by atoms with Crippen molar-refractivity contribution in [2.24, 2.45) is 0 Å². The zero-order valence-corrected chi connectivity index (χ0v) is 15.0. The number of aryl methyl sites for hydroxylation is 2. The van der Waals surface area contributed by atoms with Crippen molar-refractivity contribution in [1.29, 1.82) is 0 Å². The summed E-state index contributed by atoms with van der Waals surface area (Å²) in [6, 6.07) is 12.2. The molecule has 3 nitrogen and oxygen atoms in total. The van der Waals surface area contributed by atoms with Crippen molar-refractivity contribution < 1.29 is 9.15 Å². The lowest BCUT2D eigenvalue weighted by atomic mass is 9.79. The van der Waals surface area contributed by atoms with E-state index in [1.807, 2.05) is 24.3 Å². The maximum atomic E-state index is 12.7. The fourth-order valence-electron chi connectivity index (χ4n) is 4.24. The van der Waals surface area contributed by atoms with Gasteiger partial charge in [0.2, 0.25) is 0 Å². The lowest BCUT2D eigenvalue weighted by Crippen LogP contribution is -2.33. The van der Waals surface area contributed by atoms with Gasteiger partial charge in [-0.3, -0.25) is 0 Å². The first-order valence-corrected chi connectivity index (χ1v) is 9.54. The predicted molar refractivity (Wildman–Crippen MR) is 100 cm³/mol. The quantitative estimate of drug-likeness (QED) is 0.547. The third kappa shape index (κ3) is 2.17. The third-order valence-corrected chi connectivity index (χ3v) is 6.57. The average Bonchev–Trinajstić information content (AvgIpc) is 2.60. The van der Waals surface area contributed by atoms with Gasteiger partial charge in [-0.25, -0.2) is 4.79 Å². The topological polar surface area (TPSA) is 39.4 Å². The molecular formula is C21H18O3S. The van der Waals surface area contributed by atoms with E-state index in [0.29, 0.717) is 18.1 Å². The minimum absolute atomic E-state index is 0.0609. The monoisotopic (exact) mass is 350 g/mol. The van der Waals surface area contributed by atoms with Crippen molar-refractivity contribution in [2.45, 2.75) is 30.6 Å². The van der Waals surface area contributed by atoms with Crippen LogP contribution >= 0.6 is 11.8 Å². The summed E-state index contributed by atoms with van der Waals surface area (Å²) in [5.74, 6) is 2.32. The molecule has 2 aliphatic rings. The van der Waals surface area contributed by atoms with E-state index >= 15 is 0 Å². The highest BCUT2D eigenvalue weighted by atomic mass is 32.2. The molecule has 0 saturated heterocycles. The molecule has 0 fully saturated rings. The second-order valence-corrected chi connectivity index (χ2v) is 7.99. The van der Waals surface area contributed by atoms with Crippen LogP contribution in [0.3, 0.4) is 0 Å². The van der Waals surface area contributed by atoms with Gasteiger partial charge in [0, 0.05) is 27.9 Å². The lowest BCUT2D eigenvalue weighted by Gasteiger charge is -2.38. The summed E-state index contributed by atoms with van der Waals surface area (Å²) in [7, 11) is 0. The van der Waals surface area contributed by atoms with E-state index in [9.17, 15) is 4.79 Å². The van der Waals surface area contributed by atoms with Gasteiger partial charge in [-0.2, -0.15) is 0 Å². The minimum Gasteiger partial charge on any atom is -0.492 e. The van der Waals surface area contributed by atoms with E-state index < -0.39 is 0 Å². The van der Waals surface area contributed by atoms with Gasteiger partial charge in [-0.1, -0.05) is 35.9 Å². The standard InChI is InChI=1S/C21H18O3S/c1-11-7-12(2)19-14(8-11)16-10-25-20-13-5-3-4-6-17(13)24-21(22)18(20)15(16)9-23-19/h3-8,15-16H,9-10H2,1-2H3/t15-,16+/m0/s1. The Morgan fingerprint density at radius 1 is 1.12 bits per heavy atom. The van der Waals surface area contributed by atoms with Gasteiger partial charge in [-0.15, -0.1) is 11.8 Å². The summed E-state index contributed by atoms with van der Waals surface area (Å²) in [5, 5.41) is 1.03. The molecule has 0 N–H and O–H groups in total. The van der Waals surface area contributed by atoms with Crippen LogP contribution in [0.4, 0.5) is 0 Å². The van der Waals surface area contributed by atoms with Gasteiger partial charge < -0.3 is 9.15 Å². The minimum atomic E-state index is -0.215. The summed E-state index contributed by atoms with van der Waals surface area (Å²) >= 11 is 1.78. The second-order valence-electron chi connectivity index (χ2n) is 6.96. The average molecular weight is 350 g/mol. The molecule has 0 amide bonds. The maximum Gasteiger partial charge on any atom is 0.341 e. The summed E-state index contributed by atoms with van der Waals surface area (Å²) in [6.07, 6.45) is 0. The molecule has 0 radical (unpaired) electrons. The summed E-state index contributed by atoms with van der Waals surface area (Å²) in [4.78, 5) is 13.8. The molecule has 4 heteroatoms. The zero-order valence-electron chi connectivity index (χ0n) is 14.2. The Balaban J connectivity index is 1.73. The number of thioether (sulfide) groups is 1. The summed E-state index contributed by atoms with van der Waals surface area (Å²) in [5.41, 5.74) is 4.90. The van der Waals surface area contributed by atoms with Crippen LogP contribution in [0.15, 0.2) is 50.5 Å². The second kappa shape index (κ2) is 5.40. The van der Waals surface area contributed by atoms with Crippen LogP contribution in [0, 0.1) is 13.8 Å². The summed E-state index contributed by atoms with van der Waals surface area (Å²) in [6.45, 7) is 4.75. The molecule has 0 unspecified atom stereocenters. The van der Waals surface area contributed by atoms with Crippen LogP contribution in [0.1, 0.15) is 34.1 Å². The normalized spacial score (nSPS) is 21.2. The van der Waals surface area contributed by atoms with Crippen molar-refractivity contribution in [1.82, 2.24) is 0 Å². The molecule has 0 bridgehead atoms. The van der Waals surface area contributed by atoms with Crippen LogP contribution in [0.25, 0.3) is 11.0 Å². The molecule has 25 heavy (non-hydrogen) atoms. The number of ether oxygens (including phenoxy) is 1. The molecule has 2 aliphatic heterocycles. The molecule has 2 aromatic carbocycles. The Morgan fingerprint density at radius 3 is 2.84 bits per heavy atom. The smallest absolute Gasteiger partial charge is 0.341 e. The van der Waals surface area contributed by atoms with Gasteiger partial charge >= 0.3 is 5.63 Å². The van der Waals surface area contributed by atoms with Crippen LogP contribution in [-0.2, 0) is 0 Å². The Morgan fingerprint density at radius 2 is 1.96 bits per heavy atom. The molecule has 3 heterocycles. The first-order valence-electron chi connectivity index (χ1n) is 8.56. The first-order chi connectivity index (χ1) is 12.1. The van der Waals surface area contributed by atoms with E-state index in [1.54, 1.807) is 11.8 Å². The molecule has 0 saturated carbocycles. The van der Waals surface area contributed by atoms with Gasteiger partial charge in [0.05, 0.1) is 12.2 Å². The molecule has 1 aromatic heterocycles. The van der Waals surface area contributed by atoms with E-state index in [0.717, 1.165) is 27.3 Å². The molecule has 0 spiro atoms. The van der Waals surface area contributed by atoms with Gasteiger partial charge in [0.25, 0.3) is 0 Å². The Kier molecular flexibility index (Phi) is 3.26. The Labute approximate surface area is 150 Å². The van der Waals surface area contributed by atoms with Crippen molar-refractivity contribution in [3.05, 3.63) is 69.1 Å². The van der Waals surface area contributed by atoms with Crippen LogP contribution < -0.4 is 10.4 Å². The fourth-order valence-corrected chi connectivity index (χ4v) is 5.71. The Bertz CT molecular complexity index is 1070. The van der Waals surface area contributed by atoms with Gasteiger partial charge in [-0.05, 0) is 31.0 Å². The van der Waals surface area contributed by atoms with E-state index in [4.69, 9.17) is 9.15 Å². The fraction of sp³-hybridized carbons (Fsp3) is 0.286. The third-order valence-electron chi connectivity index (χ3n) is 5.32. The SMILES string of the molecule is Cc1cc(C)c2c(c1)[C@H]1CSc3c(c(=O)oc4ccccc34)[C@H]1CO2. The van der Waals surface area contributed by atoms with Crippen molar-refractivity contribution in [2.75, 3.05) is 12.4 Å². The first kappa shape index (κ1) is 15.1. The molecule has 126 valence electrons. The highest BCUT2D eigenvalue weighted by molar-refractivity contribution is 7.99. The van der Waals surface area contributed by atoms with Crippen molar-refractivity contribution in [3.8, 4) is 5.75 Å². The van der Waals surface area contributed by atoms with Crippen molar-refractivity contribution in [3.63, 3.8) is 0 Å². The molecule has 0 aliphatic carbocycles. The zero-order chi connectivity index (χ0) is 17.1. The molecular weight excluding hydrogens is 332 g/mol. The predicted octanol–water partition coefficient (Wildman–Crippen LogP) is 4.78. The van der Waals surface area contributed by atoms with E-state index in [2.05, 4.69) is 26.0 Å². The number of rotatable bonds is 0. The van der Waals surface area contributed by atoms with Crippen molar-refractivity contribution >= 4 is 22.7 Å². The van der Waals surface area contributed by atoms with Crippen LogP contribution in [0.2, 0.25) is 0 Å².